The van der Waals surface area contributed by atoms with Gasteiger partial charge in [-0.1, -0.05) is 29.8 Å². The van der Waals surface area contributed by atoms with Crippen LogP contribution in [-0.2, 0) is 0 Å². The number of anilines is 1. The Balaban J connectivity index is 1.26. The first-order valence-electron chi connectivity index (χ1n) is 14.9. The molecule has 2 unspecified atom stereocenters. The van der Waals surface area contributed by atoms with Crippen molar-refractivity contribution in [1.82, 2.24) is 25.2 Å². The normalized spacial score (nSPS) is 23.5. The van der Waals surface area contributed by atoms with Crippen molar-refractivity contribution >= 4 is 39.1 Å². The number of nitrogens with one attached hydrogen (secondary N) is 1. The van der Waals surface area contributed by atoms with Crippen LogP contribution in [0.15, 0.2) is 36.5 Å². The van der Waals surface area contributed by atoms with Crippen molar-refractivity contribution in [3.05, 3.63) is 52.9 Å². The van der Waals surface area contributed by atoms with Crippen LogP contribution in [0, 0.1) is 12.7 Å². The Labute approximate surface area is 244 Å². The van der Waals surface area contributed by atoms with Gasteiger partial charge in [0.05, 0.1) is 10.9 Å². The quantitative estimate of drug-likeness (QED) is 0.320. The summed E-state index contributed by atoms with van der Waals surface area (Å²) in [5, 5.41) is 6.61. The maximum absolute atomic E-state index is 16.7. The fourth-order valence-electron chi connectivity index (χ4n) is 7.86. The number of hydrogen-bond donors (Lipinski definition) is 1. The Morgan fingerprint density at radius 1 is 1.10 bits per heavy atom. The van der Waals surface area contributed by atoms with Gasteiger partial charge < -0.3 is 15.0 Å². The van der Waals surface area contributed by atoms with E-state index in [4.69, 9.17) is 31.3 Å². The molecule has 0 amide bonds. The van der Waals surface area contributed by atoms with Gasteiger partial charge in [-0.25, -0.2) is 4.39 Å². The summed E-state index contributed by atoms with van der Waals surface area (Å²) in [4.78, 5) is 19.2. The highest BCUT2D eigenvalue weighted by Gasteiger charge is 2.45. The summed E-state index contributed by atoms with van der Waals surface area (Å²) in [7, 11) is 0. The molecular weight excluding hydrogens is 539 g/mol. The van der Waals surface area contributed by atoms with E-state index in [0.29, 0.717) is 40.5 Å². The largest absolute Gasteiger partial charge is 0.461 e. The van der Waals surface area contributed by atoms with Crippen molar-refractivity contribution in [2.45, 2.75) is 63.1 Å². The van der Waals surface area contributed by atoms with Gasteiger partial charge >= 0.3 is 6.01 Å². The highest BCUT2D eigenvalue weighted by molar-refractivity contribution is 6.36. The lowest BCUT2D eigenvalue weighted by molar-refractivity contribution is 0.108. The van der Waals surface area contributed by atoms with Crippen LogP contribution < -0.4 is 15.0 Å². The second-order valence-corrected chi connectivity index (χ2v) is 12.8. The van der Waals surface area contributed by atoms with Crippen molar-refractivity contribution in [1.29, 1.82) is 0 Å². The smallest absolute Gasteiger partial charge is 0.319 e. The molecule has 0 aliphatic carbocycles. The number of ether oxygens (including phenoxy) is 1. The van der Waals surface area contributed by atoms with Gasteiger partial charge in [0.25, 0.3) is 0 Å². The van der Waals surface area contributed by atoms with Crippen molar-refractivity contribution in [2.24, 2.45) is 0 Å². The molecule has 6 heterocycles. The predicted octanol–water partition coefficient (Wildman–Crippen LogP) is 5.89. The Bertz CT molecular complexity index is 1660. The standard InChI is InChI=1S/C32H34ClFN6O/c1-19-13-20-5-2-6-25(33)26(20)23(14-19)28-27(34)29-24(15-35-28)30(39-16-21-7-8-22(17-39)36-21)38-31(37-29)41-18-32-9-3-11-40(32)12-4-10-32/h2,5-6,13-15,21-22,36H,3-4,7-12,16-18H2,1H3. The average molecular weight is 573 g/mol. The first-order chi connectivity index (χ1) is 20.0. The number of hydrogen-bond acceptors (Lipinski definition) is 7. The van der Waals surface area contributed by atoms with Gasteiger partial charge in [0.1, 0.15) is 23.6 Å². The fourth-order valence-corrected chi connectivity index (χ4v) is 8.15. The molecule has 2 aromatic carbocycles. The average Bonchev–Trinajstić information content (AvgIpc) is 3.65. The van der Waals surface area contributed by atoms with Crippen molar-refractivity contribution in [2.75, 3.05) is 37.7 Å². The molecule has 1 N–H and O–H groups in total. The Morgan fingerprint density at radius 2 is 1.88 bits per heavy atom. The van der Waals surface area contributed by atoms with Crippen molar-refractivity contribution in [3.8, 4) is 17.3 Å². The van der Waals surface area contributed by atoms with Crippen LogP contribution in [0.5, 0.6) is 6.01 Å². The van der Waals surface area contributed by atoms with Crippen LogP contribution in [-0.4, -0.2) is 70.3 Å². The highest BCUT2D eigenvalue weighted by Crippen LogP contribution is 2.41. The summed E-state index contributed by atoms with van der Waals surface area (Å²) < 4.78 is 23.1. The zero-order valence-electron chi connectivity index (χ0n) is 23.3. The molecule has 4 fully saturated rings. The number of aryl methyl sites for hydroxylation is 1. The SMILES string of the molecule is Cc1cc(-c2ncc3c(N4CC5CCC(C4)N5)nc(OCC45CCCN4CCC5)nc3c2F)c2c(Cl)cccc2c1. The summed E-state index contributed by atoms with van der Waals surface area (Å²) in [6, 6.07) is 10.8. The topological polar surface area (TPSA) is 66.4 Å². The third-order valence-electron chi connectivity index (χ3n) is 9.77. The number of rotatable bonds is 5. The fraction of sp³-hybridized carbons (Fsp3) is 0.469. The molecule has 4 saturated heterocycles. The van der Waals surface area contributed by atoms with Crippen LogP contribution in [0.25, 0.3) is 32.9 Å². The van der Waals surface area contributed by atoms with Crippen LogP contribution in [0.4, 0.5) is 10.2 Å². The molecule has 2 bridgehead atoms. The minimum absolute atomic E-state index is 0.0474. The maximum Gasteiger partial charge on any atom is 0.319 e. The third-order valence-corrected chi connectivity index (χ3v) is 10.1. The molecule has 0 spiro atoms. The summed E-state index contributed by atoms with van der Waals surface area (Å²) >= 11 is 6.65. The minimum Gasteiger partial charge on any atom is -0.461 e. The van der Waals surface area contributed by atoms with Gasteiger partial charge in [-0.05, 0) is 81.6 Å². The summed E-state index contributed by atoms with van der Waals surface area (Å²) in [5.74, 6) is 0.239. The van der Waals surface area contributed by atoms with E-state index in [9.17, 15) is 0 Å². The molecule has 8 rings (SSSR count). The number of piperazine rings is 1. The lowest BCUT2D eigenvalue weighted by atomic mass is 9.95. The van der Waals surface area contributed by atoms with Crippen LogP contribution in [0.3, 0.4) is 0 Å². The first-order valence-corrected chi connectivity index (χ1v) is 15.3. The predicted molar refractivity (Wildman–Crippen MR) is 160 cm³/mol. The van der Waals surface area contributed by atoms with E-state index in [-0.39, 0.29) is 22.8 Å². The number of pyridine rings is 1. The Kier molecular flexibility index (Phi) is 6.09. The first kappa shape index (κ1) is 25.6. The maximum atomic E-state index is 16.7. The molecule has 9 heteroatoms. The molecule has 7 nitrogen and oxygen atoms in total. The molecular formula is C32H34ClFN6O. The van der Waals surface area contributed by atoms with E-state index >= 15 is 4.39 Å². The number of nitrogens with zero attached hydrogens (tertiary/aromatic N) is 5. The van der Waals surface area contributed by atoms with Crippen LogP contribution >= 0.6 is 11.6 Å². The Hall–Kier alpha value is -3.07. The van der Waals surface area contributed by atoms with Gasteiger partial charge in [-0.2, -0.15) is 9.97 Å². The Morgan fingerprint density at radius 3 is 2.66 bits per heavy atom. The second kappa shape index (κ2) is 9.75. The lowest BCUT2D eigenvalue weighted by Crippen LogP contribution is -2.51. The molecule has 2 aromatic heterocycles. The minimum atomic E-state index is -0.470. The summed E-state index contributed by atoms with van der Waals surface area (Å²) in [6.45, 7) is 6.41. The van der Waals surface area contributed by atoms with E-state index in [0.717, 1.165) is 68.2 Å². The molecule has 0 saturated carbocycles. The molecule has 212 valence electrons. The van der Waals surface area contributed by atoms with E-state index in [1.54, 1.807) is 6.20 Å². The highest BCUT2D eigenvalue weighted by atomic mass is 35.5. The van der Waals surface area contributed by atoms with E-state index in [1.807, 2.05) is 31.2 Å². The third kappa shape index (κ3) is 4.25. The second-order valence-electron chi connectivity index (χ2n) is 12.4. The summed E-state index contributed by atoms with van der Waals surface area (Å²) in [6.07, 6.45) is 8.64. The van der Waals surface area contributed by atoms with E-state index < -0.39 is 5.82 Å². The van der Waals surface area contributed by atoms with Gasteiger partial charge in [-0.15, -0.1) is 0 Å². The molecule has 4 aliphatic rings. The molecule has 41 heavy (non-hydrogen) atoms. The van der Waals surface area contributed by atoms with Crippen molar-refractivity contribution in [3.63, 3.8) is 0 Å². The van der Waals surface area contributed by atoms with Crippen LogP contribution in [0.1, 0.15) is 44.1 Å². The summed E-state index contributed by atoms with van der Waals surface area (Å²) in [5.41, 5.74) is 2.21. The monoisotopic (exact) mass is 572 g/mol. The number of aromatic nitrogens is 3. The number of halogens is 2. The molecule has 4 aliphatic heterocycles. The zero-order chi connectivity index (χ0) is 27.7. The van der Waals surface area contributed by atoms with Gasteiger partial charge in [-0.3, -0.25) is 9.88 Å². The number of fused-ring (bicyclic) bond motifs is 5. The number of benzene rings is 2. The zero-order valence-corrected chi connectivity index (χ0v) is 24.1. The molecule has 4 aromatic rings. The van der Waals surface area contributed by atoms with E-state index in [1.165, 1.54) is 12.8 Å². The molecule has 2 atom stereocenters. The van der Waals surface area contributed by atoms with Gasteiger partial charge in [0, 0.05) is 47.3 Å². The lowest BCUT2D eigenvalue weighted by Gasteiger charge is -2.34. The van der Waals surface area contributed by atoms with Crippen molar-refractivity contribution < 1.29 is 9.13 Å². The molecule has 0 radical (unpaired) electrons. The van der Waals surface area contributed by atoms with Crippen LogP contribution in [0.2, 0.25) is 5.02 Å². The van der Waals surface area contributed by atoms with Gasteiger partial charge in [0.15, 0.2) is 5.82 Å². The van der Waals surface area contributed by atoms with Gasteiger partial charge in [0.2, 0.25) is 0 Å². The van der Waals surface area contributed by atoms with E-state index in [2.05, 4.69) is 21.2 Å².